The highest BCUT2D eigenvalue weighted by molar-refractivity contribution is 6.30. The molecule has 27 heavy (non-hydrogen) atoms. The topological polar surface area (TPSA) is 58.6 Å². The van der Waals surface area contributed by atoms with Crippen LogP contribution in [0.15, 0.2) is 42.5 Å². The molecule has 3 rings (SSSR count). The third kappa shape index (κ3) is 4.25. The van der Waals surface area contributed by atoms with E-state index >= 15 is 0 Å². The number of rotatable bonds is 3. The normalized spacial score (nSPS) is 16.6. The van der Waals surface area contributed by atoms with Gasteiger partial charge >= 0.3 is 0 Å². The predicted molar refractivity (Wildman–Crippen MR) is 107 cm³/mol. The van der Waals surface area contributed by atoms with Crippen LogP contribution in [0.5, 0.6) is 5.75 Å². The predicted octanol–water partition coefficient (Wildman–Crippen LogP) is 4.64. The quantitative estimate of drug-likeness (QED) is 0.836. The summed E-state index contributed by atoms with van der Waals surface area (Å²) in [5.41, 5.74) is 1.71. The van der Waals surface area contributed by atoms with Gasteiger partial charge in [-0.05, 0) is 42.8 Å². The van der Waals surface area contributed by atoms with Gasteiger partial charge in [0.15, 0.2) is 6.10 Å². The van der Waals surface area contributed by atoms with E-state index in [1.807, 2.05) is 32.9 Å². The van der Waals surface area contributed by atoms with Crippen LogP contribution in [-0.4, -0.2) is 17.9 Å². The number of carbonyl (C=O) groups excluding carboxylic acids is 2. The number of nitrogens with one attached hydrogen (secondary N) is 1. The fourth-order valence-electron chi connectivity index (χ4n) is 2.74. The van der Waals surface area contributed by atoms with E-state index in [4.69, 9.17) is 16.3 Å². The molecule has 1 aliphatic rings. The fourth-order valence-corrected chi connectivity index (χ4v) is 2.86. The molecule has 0 fully saturated rings. The van der Waals surface area contributed by atoms with E-state index in [1.165, 1.54) is 0 Å². The summed E-state index contributed by atoms with van der Waals surface area (Å²) in [5.74, 6) is 0.393. The van der Waals surface area contributed by atoms with Crippen molar-refractivity contribution >= 4 is 34.8 Å². The molecule has 1 heterocycles. The Morgan fingerprint density at radius 3 is 2.48 bits per heavy atom. The van der Waals surface area contributed by atoms with E-state index in [-0.39, 0.29) is 11.8 Å². The molecule has 6 heteroatoms. The highest BCUT2D eigenvalue weighted by atomic mass is 35.5. The Labute approximate surface area is 164 Å². The van der Waals surface area contributed by atoms with Crippen molar-refractivity contribution in [1.29, 1.82) is 0 Å². The van der Waals surface area contributed by atoms with Crippen LogP contribution in [0.2, 0.25) is 5.02 Å². The first kappa shape index (κ1) is 19.2. The molecule has 142 valence electrons. The first-order chi connectivity index (χ1) is 12.6. The SMILES string of the molecule is CC1Oc2ccc(NC(=O)C(C)(C)C)cc2N(Cc2ccc(Cl)cc2)C1=O. The summed E-state index contributed by atoms with van der Waals surface area (Å²) >= 11 is 5.95. The average Bonchev–Trinajstić information content (AvgIpc) is 2.60. The van der Waals surface area contributed by atoms with Crippen LogP contribution in [0, 0.1) is 5.41 Å². The van der Waals surface area contributed by atoms with Gasteiger partial charge in [0.05, 0.1) is 12.2 Å². The Bertz CT molecular complexity index is 872. The summed E-state index contributed by atoms with van der Waals surface area (Å²) in [4.78, 5) is 26.7. The molecule has 0 spiro atoms. The van der Waals surface area contributed by atoms with Crippen molar-refractivity contribution in [3.05, 3.63) is 53.1 Å². The highest BCUT2D eigenvalue weighted by Gasteiger charge is 2.32. The summed E-state index contributed by atoms with van der Waals surface area (Å²) in [7, 11) is 0. The van der Waals surface area contributed by atoms with Gasteiger partial charge in [0.2, 0.25) is 5.91 Å². The Morgan fingerprint density at radius 1 is 1.19 bits per heavy atom. The number of ether oxygens (including phenoxy) is 1. The second-order valence-electron chi connectivity index (χ2n) is 7.70. The first-order valence-corrected chi connectivity index (χ1v) is 9.21. The number of halogens is 1. The molecule has 0 bridgehead atoms. The second kappa shape index (κ2) is 7.24. The van der Waals surface area contributed by atoms with E-state index in [0.29, 0.717) is 28.7 Å². The minimum absolute atomic E-state index is 0.0943. The van der Waals surface area contributed by atoms with Crippen LogP contribution < -0.4 is 15.0 Å². The number of fused-ring (bicyclic) bond motifs is 1. The lowest BCUT2D eigenvalue weighted by molar-refractivity contribution is -0.125. The maximum atomic E-state index is 12.7. The minimum atomic E-state index is -0.570. The van der Waals surface area contributed by atoms with Gasteiger partial charge < -0.3 is 15.0 Å². The molecule has 0 radical (unpaired) electrons. The molecule has 0 saturated heterocycles. The Balaban J connectivity index is 1.93. The first-order valence-electron chi connectivity index (χ1n) is 8.83. The van der Waals surface area contributed by atoms with E-state index in [0.717, 1.165) is 5.56 Å². The van der Waals surface area contributed by atoms with Crippen molar-refractivity contribution in [3.63, 3.8) is 0 Å². The fraction of sp³-hybridized carbons (Fsp3) is 0.333. The number of benzene rings is 2. The number of anilines is 2. The van der Waals surface area contributed by atoms with E-state index in [1.54, 1.807) is 42.2 Å². The molecule has 2 aromatic rings. The summed E-state index contributed by atoms with van der Waals surface area (Å²) in [5, 5.41) is 3.55. The van der Waals surface area contributed by atoms with Crippen molar-refractivity contribution in [2.24, 2.45) is 5.41 Å². The summed E-state index contributed by atoms with van der Waals surface area (Å²) < 4.78 is 5.73. The molecule has 5 nitrogen and oxygen atoms in total. The van der Waals surface area contributed by atoms with Crippen molar-refractivity contribution < 1.29 is 14.3 Å². The van der Waals surface area contributed by atoms with Gasteiger partial charge in [0, 0.05) is 16.1 Å². The zero-order chi connectivity index (χ0) is 19.8. The number of carbonyl (C=O) groups is 2. The standard InChI is InChI=1S/C21H23ClN2O3/c1-13-19(25)24(12-14-5-7-15(22)8-6-14)17-11-16(9-10-18(17)27-13)23-20(26)21(2,3)4/h5-11,13H,12H2,1-4H3,(H,23,26). The lowest BCUT2D eigenvalue weighted by Crippen LogP contribution is -2.44. The number of hydrogen-bond acceptors (Lipinski definition) is 3. The van der Waals surface area contributed by atoms with Gasteiger partial charge in [-0.1, -0.05) is 44.5 Å². The minimum Gasteiger partial charge on any atom is -0.479 e. The van der Waals surface area contributed by atoms with Gasteiger partial charge in [-0.25, -0.2) is 0 Å². The summed E-state index contributed by atoms with van der Waals surface area (Å²) in [6.07, 6.45) is -0.570. The van der Waals surface area contributed by atoms with E-state index < -0.39 is 11.5 Å². The van der Waals surface area contributed by atoms with Crippen LogP contribution in [-0.2, 0) is 16.1 Å². The van der Waals surface area contributed by atoms with Gasteiger partial charge in [-0.15, -0.1) is 0 Å². The molecule has 0 saturated carbocycles. The molecule has 1 unspecified atom stereocenters. The van der Waals surface area contributed by atoms with Gasteiger partial charge in [0.1, 0.15) is 5.75 Å². The van der Waals surface area contributed by atoms with Crippen molar-refractivity contribution in [2.75, 3.05) is 10.2 Å². The molecular weight excluding hydrogens is 364 g/mol. The van der Waals surface area contributed by atoms with Crippen molar-refractivity contribution in [1.82, 2.24) is 0 Å². The molecule has 0 aromatic heterocycles. The Morgan fingerprint density at radius 2 is 1.85 bits per heavy atom. The van der Waals surface area contributed by atoms with Crippen LogP contribution in [0.25, 0.3) is 0 Å². The van der Waals surface area contributed by atoms with Crippen LogP contribution in [0.4, 0.5) is 11.4 Å². The monoisotopic (exact) mass is 386 g/mol. The third-order valence-corrected chi connectivity index (χ3v) is 4.61. The largest absolute Gasteiger partial charge is 0.479 e. The maximum Gasteiger partial charge on any atom is 0.268 e. The summed E-state index contributed by atoms with van der Waals surface area (Å²) in [6.45, 7) is 7.68. The zero-order valence-electron chi connectivity index (χ0n) is 15.9. The molecule has 0 aliphatic carbocycles. The number of amides is 2. The van der Waals surface area contributed by atoms with Crippen LogP contribution >= 0.6 is 11.6 Å². The average molecular weight is 387 g/mol. The van der Waals surface area contributed by atoms with Gasteiger partial charge in [-0.2, -0.15) is 0 Å². The van der Waals surface area contributed by atoms with Crippen LogP contribution in [0.3, 0.4) is 0 Å². The lowest BCUT2D eigenvalue weighted by atomic mass is 9.95. The number of hydrogen-bond donors (Lipinski definition) is 1. The smallest absolute Gasteiger partial charge is 0.268 e. The van der Waals surface area contributed by atoms with Crippen molar-refractivity contribution in [3.8, 4) is 5.75 Å². The molecule has 2 aromatic carbocycles. The third-order valence-electron chi connectivity index (χ3n) is 4.36. The van der Waals surface area contributed by atoms with Gasteiger partial charge in [0.25, 0.3) is 5.91 Å². The maximum absolute atomic E-state index is 12.7. The molecule has 1 atom stereocenters. The van der Waals surface area contributed by atoms with Crippen molar-refractivity contribution in [2.45, 2.75) is 40.3 Å². The highest BCUT2D eigenvalue weighted by Crippen LogP contribution is 2.37. The van der Waals surface area contributed by atoms with Crippen LogP contribution in [0.1, 0.15) is 33.3 Å². The summed E-state index contributed by atoms with van der Waals surface area (Å²) in [6, 6.07) is 12.7. The Kier molecular flexibility index (Phi) is 5.16. The lowest BCUT2D eigenvalue weighted by Gasteiger charge is -2.33. The molecule has 1 N–H and O–H groups in total. The molecule has 2 amide bonds. The second-order valence-corrected chi connectivity index (χ2v) is 8.13. The molecular formula is C21H23ClN2O3. The number of nitrogens with zero attached hydrogens (tertiary/aromatic N) is 1. The zero-order valence-corrected chi connectivity index (χ0v) is 16.6. The Hall–Kier alpha value is -2.53. The van der Waals surface area contributed by atoms with Gasteiger partial charge in [-0.3, -0.25) is 9.59 Å². The van der Waals surface area contributed by atoms with E-state index in [2.05, 4.69) is 5.32 Å². The molecule has 1 aliphatic heterocycles. The van der Waals surface area contributed by atoms with E-state index in [9.17, 15) is 9.59 Å².